The fourth-order valence-electron chi connectivity index (χ4n) is 2.75. The number of phosphoric acid groups is 1. The van der Waals surface area contributed by atoms with E-state index in [1.54, 1.807) is 64.4 Å². The second-order valence-corrected chi connectivity index (χ2v) is 10.0. The lowest BCUT2D eigenvalue weighted by molar-refractivity contribution is 0.0892. The molecule has 178 valence electrons. The third-order valence-electron chi connectivity index (χ3n) is 4.00. The van der Waals surface area contributed by atoms with Crippen molar-refractivity contribution >= 4 is 15.4 Å². The molecule has 9 nitrogen and oxygen atoms in total. The zero-order valence-corrected chi connectivity index (χ0v) is 20.6. The molecule has 0 aliphatic heterocycles. The average Bonchev–Trinajstić information content (AvgIpc) is 2.78. The summed E-state index contributed by atoms with van der Waals surface area (Å²) in [6.07, 6.45) is 3.41. The summed E-state index contributed by atoms with van der Waals surface area (Å²) < 4.78 is 59.5. The van der Waals surface area contributed by atoms with Gasteiger partial charge in [0.2, 0.25) is 0 Å². The highest BCUT2D eigenvalue weighted by molar-refractivity contribution is 7.55. The normalized spacial score (nSPS) is 13.1. The summed E-state index contributed by atoms with van der Waals surface area (Å²) in [5, 5.41) is 0. The third-order valence-corrected chi connectivity index (χ3v) is 8.00. The Kier molecular flexibility index (Phi) is 11.0. The zero-order valence-electron chi connectivity index (χ0n) is 18.8. The van der Waals surface area contributed by atoms with Crippen LogP contribution in [-0.4, -0.2) is 31.4 Å². The molecule has 0 bridgehead atoms. The van der Waals surface area contributed by atoms with Gasteiger partial charge in [0, 0.05) is 18.0 Å². The molecule has 11 heteroatoms. The summed E-state index contributed by atoms with van der Waals surface area (Å²) >= 11 is 0. The van der Waals surface area contributed by atoms with Gasteiger partial charge in [-0.1, -0.05) is 18.2 Å². The van der Waals surface area contributed by atoms with Crippen LogP contribution in [0.4, 0.5) is 0 Å². The Labute approximate surface area is 189 Å². The first kappa shape index (κ1) is 26.7. The molecular weight excluding hydrogens is 456 g/mol. The van der Waals surface area contributed by atoms with Gasteiger partial charge in [-0.05, 0) is 51.5 Å². The van der Waals surface area contributed by atoms with Gasteiger partial charge in [0.25, 0.3) is 0 Å². The summed E-state index contributed by atoms with van der Waals surface area (Å²) in [7, 11) is -7.90. The fraction of sp³-hybridized carbons (Fsp3) is 0.476. The number of rotatable bonds is 15. The van der Waals surface area contributed by atoms with Crippen LogP contribution in [0.15, 0.2) is 48.8 Å². The van der Waals surface area contributed by atoms with E-state index in [2.05, 4.69) is 4.98 Å². The topological polar surface area (TPSA) is 102 Å². The van der Waals surface area contributed by atoms with Crippen LogP contribution in [0, 0.1) is 0 Å². The summed E-state index contributed by atoms with van der Waals surface area (Å²) in [5.74, 6) is -0.740. The van der Waals surface area contributed by atoms with Crippen LogP contribution in [0.3, 0.4) is 0 Å². The maximum atomic E-state index is 13.6. The Hall–Kier alpha value is -1.57. The van der Waals surface area contributed by atoms with Gasteiger partial charge in [-0.15, -0.1) is 0 Å². The average molecular weight is 487 g/mol. The molecule has 2 rings (SSSR count). The third kappa shape index (κ3) is 7.78. The second kappa shape index (κ2) is 13.2. The van der Waals surface area contributed by atoms with E-state index in [9.17, 15) is 9.13 Å². The van der Waals surface area contributed by atoms with Crippen LogP contribution in [0.2, 0.25) is 0 Å². The van der Waals surface area contributed by atoms with Crippen molar-refractivity contribution in [2.75, 3.05) is 26.4 Å². The molecule has 2 aromatic rings. The predicted molar refractivity (Wildman–Crippen MR) is 121 cm³/mol. The summed E-state index contributed by atoms with van der Waals surface area (Å²) in [6, 6.07) is 10.4. The summed E-state index contributed by atoms with van der Waals surface area (Å²) in [6.45, 7) is 7.40. The van der Waals surface area contributed by atoms with E-state index in [4.69, 9.17) is 27.4 Å². The number of ether oxygens (including phenoxy) is 1. The summed E-state index contributed by atoms with van der Waals surface area (Å²) in [5.41, 5.74) is 1.34. The summed E-state index contributed by atoms with van der Waals surface area (Å²) in [4.78, 5) is 4.05. The van der Waals surface area contributed by atoms with Gasteiger partial charge >= 0.3 is 15.4 Å². The molecule has 0 spiro atoms. The monoisotopic (exact) mass is 487 g/mol. The molecule has 1 aromatic carbocycles. The van der Waals surface area contributed by atoms with Gasteiger partial charge in [-0.2, -0.15) is 0 Å². The SMILES string of the molecule is CCOP(=O)(OCC)OC(c1ccc(OCc2cccnc2)cc1)P(=O)(OCC)OCC. The lowest BCUT2D eigenvalue weighted by Crippen LogP contribution is -2.12. The molecule has 1 aromatic heterocycles. The fourth-order valence-corrected chi connectivity index (χ4v) is 6.35. The van der Waals surface area contributed by atoms with Crippen LogP contribution < -0.4 is 4.74 Å². The van der Waals surface area contributed by atoms with Crippen molar-refractivity contribution in [1.82, 2.24) is 4.98 Å². The van der Waals surface area contributed by atoms with Crippen LogP contribution in [0.1, 0.15) is 44.7 Å². The number of nitrogens with zero attached hydrogens (tertiary/aromatic N) is 1. The van der Waals surface area contributed by atoms with E-state index in [0.717, 1.165) is 5.56 Å². The van der Waals surface area contributed by atoms with E-state index in [0.29, 0.717) is 17.9 Å². The molecule has 0 N–H and O–H groups in total. The molecule has 0 saturated heterocycles. The Balaban J connectivity index is 2.31. The van der Waals surface area contributed by atoms with Crippen molar-refractivity contribution in [2.24, 2.45) is 0 Å². The molecule has 0 fully saturated rings. The minimum atomic E-state index is -4.02. The van der Waals surface area contributed by atoms with Gasteiger partial charge in [0.05, 0.1) is 26.4 Å². The number of hydrogen-bond acceptors (Lipinski definition) is 9. The lowest BCUT2D eigenvalue weighted by atomic mass is 10.2. The van der Waals surface area contributed by atoms with Gasteiger partial charge < -0.3 is 13.8 Å². The number of hydrogen-bond donors (Lipinski definition) is 0. The molecule has 1 heterocycles. The smallest absolute Gasteiger partial charge is 0.475 e. The largest absolute Gasteiger partial charge is 0.489 e. The Morgan fingerprint density at radius 2 is 1.44 bits per heavy atom. The van der Waals surface area contributed by atoms with Gasteiger partial charge in [0.1, 0.15) is 12.4 Å². The van der Waals surface area contributed by atoms with E-state index in [1.165, 1.54) is 0 Å². The molecule has 0 radical (unpaired) electrons. The van der Waals surface area contributed by atoms with Crippen molar-refractivity contribution in [3.63, 3.8) is 0 Å². The maximum absolute atomic E-state index is 13.6. The highest BCUT2D eigenvalue weighted by Gasteiger charge is 2.44. The first-order valence-electron chi connectivity index (χ1n) is 10.5. The van der Waals surface area contributed by atoms with Crippen LogP contribution >= 0.6 is 15.4 Å². The van der Waals surface area contributed by atoms with E-state index < -0.39 is 21.3 Å². The van der Waals surface area contributed by atoms with Crippen LogP contribution in [-0.2, 0) is 38.4 Å². The Bertz CT molecular complexity index is 874. The molecule has 32 heavy (non-hydrogen) atoms. The van der Waals surface area contributed by atoms with Crippen molar-refractivity contribution in [1.29, 1.82) is 0 Å². The number of benzene rings is 1. The van der Waals surface area contributed by atoms with Crippen molar-refractivity contribution in [3.05, 3.63) is 59.9 Å². The predicted octanol–water partition coefficient (Wildman–Crippen LogP) is 6.12. The quantitative estimate of drug-likeness (QED) is 0.275. The van der Waals surface area contributed by atoms with Gasteiger partial charge in [0.15, 0.2) is 5.85 Å². The molecule has 0 aliphatic carbocycles. The standard InChI is InChI=1S/C21H31NO8P2/c1-5-26-31(23,27-6-2)21(30-32(24,28-7-3)29-8-4)19-11-13-20(14-12-19)25-17-18-10-9-15-22-16-18/h9-16,21H,5-8,17H2,1-4H3. The maximum Gasteiger partial charge on any atom is 0.475 e. The van der Waals surface area contributed by atoms with Crippen LogP contribution in [0.25, 0.3) is 0 Å². The second-order valence-electron chi connectivity index (χ2n) is 6.33. The van der Waals surface area contributed by atoms with E-state index in [1.807, 2.05) is 12.1 Å². The zero-order chi connectivity index (χ0) is 23.5. The van der Waals surface area contributed by atoms with E-state index >= 15 is 0 Å². The molecular formula is C21H31NO8P2. The van der Waals surface area contributed by atoms with Gasteiger partial charge in [-0.3, -0.25) is 23.1 Å². The first-order chi connectivity index (χ1) is 15.4. The minimum Gasteiger partial charge on any atom is -0.489 e. The molecule has 0 saturated carbocycles. The van der Waals surface area contributed by atoms with Gasteiger partial charge in [-0.25, -0.2) is 4.57 Å². The lowest BCUT2D eigenvalue weighted by Gasteiger charge is -2.29. The Morgan fingerprint density at radius 1 is 0.844 bits per heavy atom. The first-order valence-corrected chi connectivity index (χ1v) is 13.5. The van der Waals surface area contributed by atoms with Crippen molar-refractivity contribution in [2.45, 2.75) is 40.1 Å². The Morgan fingerprint density at radius 3 is 1.94 bits per heavy atom. The molecule has 0 amide bonds. The molecule has 1 unspecified atom stereocenters. The number of phosphoric ester groups is 1. The van der Waals surface area contributed by atoms with E-state index in [-0.39, 0.29) is 26.4 Å². The minimum absolute atomic E-state index is 0.0820. The number of aromatic nitrogens is 1. The van der Waals surface area contributed by atoms with Crippen molar-refractivity contribution < 1.29 is 36.5 Å². The molecule has 0 aliphatic rings. The van der Waals surface area contributed by atoms with Crippen molar-refractivity contribution in [3.8, 4) is 5.75 Å². The highest BCUT2D eigenvalue weighted by Crippen LogP contribution is 2.67. The highest BCUT2D eigenvalue weighted by atomic mass is 31.2. The molecule has 1 atom stereocenters. The van der Waals surface area contributed by atoms with Crippen LogP contribution in [0.5, 0.6) is 5.75 Å². The number of pyridine rings is 1.